The number of fused-ring (bicyclic) bond motifs is 1. The molecular formula is C8H8N2OS. The molecule has 3 nitrogen and oxygen atoms in total. The summed E-state index contributed by atoms with van der Waals surface area (Å²) in [6.45, 7) is 0. The van der Waals surface area contributed by atoms with Crippen molar-refractivity contribution >= 4 is 23.4 Å². The van der Waals surface area contributed by atoms with Crippen LogP contribution < -0.4 is 11.1 Å². The molecule has 4 heteroatoms. The maximum atomic E-state index is 11.1. The minimum absolute atomic E-state index is 0.126. The number of carbonyl (C=O) groups is 1. The van der Waals surface area contributed by atoms with Crippen molar-refractivity contribution in [2.24, 2.45) is 5.73 Å². The molecule has 3 N–H and O–H groups in total. The third kappa shape index (κ3) is 1.19. The fourth-order valence-electron chi connectivity index (χ4n) is 1.07. The molecule has 0 unspecified atom stereocenters. The predicted octanol–water partition coefficient (Wildman–Crippen LogP) is 1.02. The Morgan fingerprint density at radius 3 is 3.00 bits per heavy atom. The van der Waals surface area contributed by atoms with E-state index >= 15 is 0 Å². The van der Waals surface area contributed by atoms with Crippen molar-refractivity contribution in [3.8, 4) is 0 Å². The lowest BCUT2D eigenvalue weighted by molar-refractivity contribution is -0.115. The Bertz CT molecular complexity index is 327. The lowest BCUT2D eigenvalue weighted by Gasteiger charge is -2.20. The number of carbonyl (C=O) groups excluding carboxylic acids is 1. The molecule has 12 heavy (non-hydrogen) atoms. The third-order valence-electron chi connectivity index (χ3n) is 1.66. The molecule has 1 atom stereocenters. The quantitative estimate of drug-likeness (QED) is 0.626. The van der Waals surface area contributed by atoms with Gasteiger partial charge in [0.25, 0.3) is 5.91 Å². The van der Waals surface area contributed by atoms with Crippen LogP contribution >= 0.6 is 11.8 Å². The van der Waals surface area contributed by atoms with Crippen LogP contribution in [0.5, 0.6) is 0 Å². The summed E-state index contributed by atoms with van der Waals surface area (Å²) < 4.78 is 0. The molecule has 0 aromatic heterocycles. The fourth-order valence-corrected chi connectivity index (χ4v) is 1.91. The summed E-state index contributed by atoms with van der Waals surface area (Å²) in [5.74, 6) is -0.126. The van der Waals surface area contributed by atoms with Crippen LogP contribution in [0.3, 0.4) is 0 Å². The van der Waals surface area contributed by atoms with Crippen LogP contribution in [0.25, 0.3) is 0 Å². The Morgan fingerprint density at radius 2 is 2.17 bits per heavy atom. The molecule has 0 fully saturated rings. The Balaban J connectivity index is 2.40. The van der Waals surface area contributed by atoms with E-state index in [2.05, 4.69) is 5.32 Å². The predicted molar refractivity (Wildman–Crippen MR) is 48.9 cm³/mol. The first-order valence-corrected chi connectivity index (χ1v) is 4.47. The maximum Gasteiger partial charge on any atom is 0.252 e. The first kappa shape index (κ1) is 7.64. The maximum absolute atomic E-state index is 11.1. The van der Waals surface area contributed by atoms with Gasteiger partial charge in [-0.05, 0) is 12.1 Å². The summed E-state index contributed by atoms with van der Waals surface area (Å²) >= 11 is 1.39. The summed E-state index contributed by atoms with van der Waals surface area (Å²) in [6, 6.07) is 7.62. The van der Waals surface area contributed by atoms with Gasteiger partial charge in [0.2, 0.25) is 0 Å². The SMILES string of the molecule is N[C@H]1Sc2ccccc2NC1=O. The van der Waals surface area contributed by atoms with Crippen molar-refractivity contribution < 1.29 is 4.79 Å². The summed E-state index contributed by atoms with van der Waals surface area (Å²) in [4.78, 5) is 12.1. The van der Waals surface area contributed by atoms with E-state index in [1.54, 1.807) is 0 Å². The van der Waals surface area contributed by atoms with Crippen molar-refractivity contribution in [1.82, 2.24) is 0 Å². The average molecular weight is 180 g/mol. The zero-order chi connectivity index (χ0) is 8.55. The first-order valence-electron chi connectivity index (χ1n) is 3.59. The molecule has 1 aromatic rings. The van der Waals surface area contributed by atoms with Gasteiger partial charge in [-0.15, -0.1) is 0 Å². The van der Waals surface area contributed by atoms with Gasteiger partial charge in [-0.25, -0.2) is 0 Å². The average Bonchev–Trinajstić information content (AvgIpc) is 2.07. The molecule has 1 aliphatic rings. The van der Waals surface area contributed by atoms with Gasteiger partial charge >= 0.3 is 0 Å². The molecule has 1 heterocycles. The van der Waals surface area contributed by atoms with E-state index in [9.17, 15) is 4.79 Å². The number of amides is 1. The van der Waals surface area contributed by atoms with Gasteiger partial charge in [0.15, 0.2) is 0 Å². The molecule has 0 bridgehead atoms. The summed E-state index contributed by atoms with van der Waals surface area (Å²) in [5.41, 5.74) is 6.40. The van der Waals surface area contributed by atoms with Crippen LogP contribution in [-0.2, 0) is 4.79 Å². The van der Waals surface area contributed by atoms with Gasteiger partial charge in [0.1, 0.15) is 5.37 Å². The molecule has 0 spiro atoms. The highest BCUT2D eigenvalue weighted by atomic mass is 32.2. The molecule has 2 rings (SSSR count). The normalized spacial score (nSPS) is 21.4. The third-order valence-corrected chi connectivity index (χ3v) is 2.74. The Hall–Kier alpha value is -1.00. The minimum Gasteiger partial charge on any atom is -0.323 e. The number of benzene rings is 1. The number of hydrogen-bond acceptors (Lipinski definition) is 3. The molecule has 0 saturated heterocycles. The van der Waals surface area contributed by atoms with Crippen LogP contribution in [0.4, 0.5) is 5.69 Å². The second-order valence-electron chi connectivity index (χ2n) is 2.52. The molecule has 1 aromatic carbocycles. The summed E-state index contributed by atoms with van der Waals surface area (Å²) in [5, 5.41) is 2.25. The van der Waals surface area contributed by atoms with E-state index in [1.807, 2.05) is 24.3 Å². The molecule has 0 radical (unpaired) electrons. The van der Waals surface area contributed by atoms with Crippen molar-refractivity contribution in [2.75, 3.05) is 5.32 Å². The van der Waals surface area contributed by atoms with Gasteiger partial charge in [0.05, 0.1) is 5.69 Å². The smallest absolute Gasteiger partial charge is 0.252 e. The molecule has 1 amide bonds. The van der Waals surface area contributed by atoms with Gasteiger partial charge in [-0.2, -0.15) is 0 Å². The summed E-state index contributed by atoms with van der Waals surface area (Å²) in [7, 11) is 0. The minimum atomic E-state index is -0.472. The van der Waals surface area contributed by atoms with Gasteiger partial charge in [-0.3, -0.25) is 4.79 Å². The van der Waals surface area contributed by atoms with E-state index in [-0.39, 0.29) is 5.91 Å². The molecule has 0 aliphatic carbocycles. The number of anilines is 1. The van der Waals surface area contributed by atoms with Crippen molar-refractivity contribution in [2.45, 2.75) is 10.3 Å². The molecule has 0 saturated carbocycles. The lowest BCUT2D eigenvalue weighted by Crippen LogP contribution is -2.35. The summed E-state index contributed by atoms with van der Waals surface area (Å²) in [6.07, 6.45) is 0. The molecule has 62 valence electrons. The van der Waals surface area contributed by atoms with E-state index in [1.165, 1.54) is 11.8 Å². The Kier molecular flexibility index (Phi) is 1.78. The Morgan fingerprint density at radius 1 is 1.42 bits per heavy atom. The second kappa shape index (κ2) is 2.80. The fraction of sp³-hybridized carbons (Fsp3) is 0.125. The van der Waals surface area contributed by atoms with Gasteiger partial charge in [-0.1, -0.05) is 23.9 Å². The van der Waals surface area contributed by atoms with Crippen molar-refractivity contribution in [3.05, 3.63) is 24.3 Å². The molecular weight excluding hydrogens is 172 g/mol. The lowest BCUT2D eigenvalue weighted by atomic mass is 10.3. The van der Waals surface area contributed by atoms with Crippen LogP contribution in [0.2, 0.25) is 0 Å². The zero-order valence-corrected chi connectivity index (χ0v) is 7.10. The van der Waals surface area contributed by atoms with Crippen LogP contribution in [-0.4, -0.2) is 11.3 Å². The van der Waals surface area contributed by atoms with E-state index in [0.29, 0.717) is 0 Å². The number of para-hydroxylation sites is 1. The second-order valence-corrected chi connectivity index (χ2v) is 3.71. The Labute approximate surface area is 74.3 Å². The van der Waals surface area contributed by atoms with Crippen LogP contribution in [0, 0.1) is 0 Å². The van der Waals surface area contributed by atoms with Crippen molar-refractivity contribution in [1.29, 1.82) is 0 Å². The number of hydrogen-bond donors (Lipinski definition) is 2. The highest BCUT2D eigenvalue weighted by Gasteiger charge is 2.22. The van der Waals surface area contributed by atoms with E-state index in [4.69, 9.17) is 5.73 Å². The highest BCUT2D eigenvalue weighted by molar-refractivity contribution is 8.00. The number of rotatable bonds is 0. The van der Waals surface area contributed by atoms with E-state index < -0.39 is 5.37 Å². The number of nitrogens with two attached hydrogens (primary N) is 1. The monoisotopic (exact) mass is 180 g/mol. The number of nitrogens with one attached hydrogen (secondary N) is 1. The van der Waals surface area contributed by atoms with Gasteiger partial charge < -0.3 is 11.1 Å². The topological polar surface area (TPSA) is 55.1 Å². The van der Waals surface area contributed by atoms with Crippen LogP contribution in [0.15, 0.2) is 29.2 Å². The standard InChI is InChI=1S/C8H8N2OS/c9-7-8(11)10-5-3-1-2-4-6(5)12-7/h1-4,7H,9H2,(H,10,11)/t7-/m0/s1. The number of thioether (sulfide) groups is 1. The largest absolute Gasteiger partial charge is 0.323 e. The van der Waals surface area contributed by atoms with E-state index in [0.717, 1.165) is 10.6 Å². The zero-order valence-electron chi connectivity index (χ0n) is 6.28. The molecule has 1 aliphatic heterocycles. The highest BCUT2D eigenvalue weighted by Crippen LogP contribution is 2.32. The van der Waals surface area contributed by atoms with Gasteiger partial charge in [0, 0.05) is 4.90 Å². The first-order chi connectivity index (χ1) is 5.77. The van der Waals surface area contributed by atoms with Crippen molar-refractivity contribution in [3.63, 3.8) is 0 Å². The van der Waals surface area contributed by atoms with Crippen LogP contribution in [0.1, 0.15) is 0 Å².